The molecule has 4 rings (SSSR count). The minimum Gasteiger partial charge on any atom is -0.309 e. The lowest BCUT2D eigenvalue weighted by molar-refractivity contribution is 0.0979. The second kappa shape index (κ2) is 9.07. The summed E-state index contributed by atoms with van der Waals surface area (Å²) in [7, 11) is 3.99. The number of para-hydroxylation sites is 1. The number of fused-ring (bicyclic) bond motifs is 2. The second-order valence-electron chi connectivity index (χ2n) is 7.17. The number of rotatable bonds is 6. The molecule has 0 saturated carbocycles. The first-order chi connectivity index (χ1) is 14.0. The smallest absolute Gasteiger partial charge is 0.278 e. The van der Waals surface area contributed by atoms with Crippen LogP contribution in [-0.2, 0) is 0 Å². The van der Waals surface area contributed by atoms with E-state index in [4.69, 9.17) is 0 Å². The van der Waals surface area contributed by atoms with Gasteiger partial charge in [0.2, 0.25) is 0 Å². The number of carbonyl (C=O) groups excluding carboxylic acids is 1. The van der Waals surface area contributed by atoms with E-state index >= 15 is 0 Å². The maximum absolute atomic E-state index is 14.2. The Balaban J connectivity index is 0.00000256. The summed E-state index contributed by atoms with van der Waals surface area (Å²) < 4.78 is 16.7. The van der Waals surface area contributed by atoms with Crippen molar-refractivity contribution in [3.05, 3.63) is 59.8 Å². The van der Waals surface area contributed by atoms with E-state index < -0.39 is 0 Å². The molecule has 0 bridgehead atoms. The molecule has 0 unspecified atom stereocenters. The number of aryl methyl sites for hydroxylation is 1. The summed E-state index contributed by atoms with van der Waals surface area (Å²) in [5, 5.41) is 0.499. The fraction of sp³-hybridized carbons (Fsp3) is 0.286. The molecule has 6 nitrogen and oxygen atoms in total. The lowest BCUT2D eigenvalue weighted by Gasteiger charge is -2.21. The summed E-state index contributed by atoms with van der Waals surface area (Å²) >= 11 is 1.33. The zero-order valence-electron chi connectivity index (χ0n) is 17.0. The molecule has 0 radical (unpaired) electrons. The number of benzene rings is 1. The molecule has 0 aliphatic rings. The molecule has 3 heterocycles. The van der Waals surface area contributed by atoms with Crippen LogP contribution in [0.1, 0.15) is 22.6 Å². The summed E-state index contributed by atoms with van der Waals surface area (Å²) in [6.07, 6.45) is 2.60. The highest BCUT2D eigenvalue weighted by Gasteiger charge is 2.26. The predicted octanol–water partition coefficient (Wildman–Crippen LogP) is 4.41. The van der Waals surface area contributed by atoms with E-state index in [1.54, 1.807) is 15.4 Å². The minimum atomic E-state index is -0.378. The van der Waals surface area contributed by atoms with Crippen LogP contribution < -0.4 is 4.90 Å². The van der Waals surface area contributed by atoms with Crippen LogP contribution in [0, 0.1) is 12.7 Å². The number of pyridine rings is 1. The van der Waals surface area contributed by atoms with Crippen molar-refractivity contribution in [3.8, 4) is 0 Å². The zero-order valence-corrected chi connectivity index (χ0v) is 18.6. The summed E-state index contributed by atoms with van der Waals surface area (Å²) in [5.74, 6) is -0.559. The molecule has 158 valence electrons. The Morgan fingerprint density at radius 2 is 1.93 bits per heavy atom. The Morgan fingerprint density at radius 3 is 2.67 bits per heavy atom. The maximum Gasteiger partial charge on any atom is 0.278 e. The van der Waals surface area contributed by atoms with Crippen LogP contribution in [-0.4, -0.2) is 52.4 Å². The van der Waals surface area contributed by atoms with E-state index in [1.807, 2.05) is 51.5 Å². The number of aromatic nitrogens is 3. The number of carbonyl (C=O) groups is 1. The van der Waals surface area contributed by atoms with Gasteiger partial charge in [-0.3, -0.25) is 14.1 Å². The minimum absolute atomic E-state index is 0. The van der Waals surface area contributed by atoms with Crippen molar-refractivity contribution < 1.29 is 9.18 Å². The lowest BCUT2D eigenvalue weighted by Crippen LogP contribution is -2.34. The van der Waals surface area contributed by atoms with Gasteiger partial charge in [-0.2, -0.15) is 0 Å². The third kappa shape index (κ3) is 4.16. The molecular formula is C21H23ClFN5OS. The van der Waals surface area contributed by atoms with E-state index in [0.29, 0.717) is 28.6 Å². The van der Waals surface area contributed by atoms with Crippen molar-refractivity contribution in [1.29, 1.82) is 0 Å². The van der Waals surface area contributed by atoms with Crippen molar-refractivity contribution >= 4 is 50.6 Å². The highest BCUT2D eigenvalue weighted by atomic mass is 35.5. The molecule has 1 aromatic carbocycles. The van der Waals surface area contributed by atoms with Crippen molar-refractivity contribution in [2.45, 2.75) is 13.3 Å². The van der Waals surface area contributed by atoms with Crippen molar-refractivity contribution in [2.24, 2.45) is 0 Å². The molecule has 0 atom stereocenters. The van der Waals surface area contributed by atoms with Crippen LogP contribution in [0.5, 0.6) is 0 Å². The average Bonchev–Trinajstić information content (AvgIpc) is 3.25. The highest BCUT2D eigenvalue weighted by Crippen LogP contribution is 2.31. The topological polar surface area (TPSA) is 53.7 Å². The van der Waals surface area contributed by atoms with Gasteiger partial charge in [-0.15, -0.1) is 12.4 Å². The summed E-state index contributed by atoms with van der Waals surface area (Å²) in [4.78, 5) is 26.3. The third-order valence-electron chi connectivity index (χ3n) is 4.73. The summed E-state index contributed by atoms with van der Waals surface area (Å²) in [6, 6.07) is 10.5. The van der Waals surface area contributed by atoms with Gasteiger partial charge in [0, 0.05) is 12.7 Å². The van der Waals surface area contributed by atoms with E-state index in [2.05, 4.69) is 14.9 Å². The SMILES string of the molecule is Cc1nc2ccccn2c1C(=O)N(CCCN(C)C)c1nc2c(F)cccc2s1.Cl. The van der Waals surface area contributed by atoms with Crippen LogP contribution in [0.15, 0.2) is 42.6 Å². The molecule has 30 heavy (non-hydrogen) atoms. The Hall–Kier alpha value is -2.55. The van der Waals surface area contributed by atoms with E-state index in [0.717, 1.165) is 23.3 Å². The predicted molar refractivity (Wildman–Crippen MR) is 122 cm³/mol. The third-order valence-corrected chi connectivity index (χ3v) is 5.77. The van der Waals surface area contributed by atoms with Crippen molar-refractivity contribution in [2.75, 3.05) is 32.1 Å². The summed E-state index contributed by atoms with van der Waals surface area (Å²) in [6.45, 7) is 3.14. The van der Waals surface area contributed by atoms with Gasteiger partial charge in [0.25, 0.3) is 5.91 Å². The molecular weight excluding hydrogens is 425 g/mol. The molecule has 9 heteroatoms. The molecule has 0 aliphatic carbocycles. The van der Waals surface area contributed by atoms with Crippen LogP contribution >= 0.6 is 23.7 Å². The molecule has 1 amide bonds. The molecule has 4 aromatic rings. The molecule has 0 N–H and O–H groups in total. The monoisotopic (exact) mass is 447 g/mol. The first kappa shape index (κ1) is 22.1. The summed E-state index contributed by atoms with van der Waals surface area (Å²) in [5.41, 5.74) is 2.18. The average molecular weight is 448 g/mol. The van der Waals surface area contributed by atoms with Gasteiger partial charge < -0.3 is 4.90 Å². The van der Waals surface area contributed by atoms with Gasteiger partial charge in [-0.1, -0.05) is 23.5 Å². The van der Waals surface area contributed by atoms with Gasteiger partial charge in [0.1, 0.15) is 22.7 Å². The normalized spacial score (nSPS) is 11.2. The van der Waals surface area contributed by atoms with Crippen molar-refractivity contribution in [1.82, 2.24) is 19.3 Å². The lowest BCUT2D eigenvalue weighted by atomic mass is 10.3. The van der Waals surface area contributed by atoms with Gasteiger partial charge in [-0.05, 0) is 58.3 Å². The number of halogens is 2. The van der Waals surface area contributed by atoms with Crippen LogP contribution in [0.2, 0.25) is 0 Å². The van der Waals surface area contributed by atoms with Crippen LogP contribution in [0.4, 0.5) is 9.52 Å². The molecule has 3 aromatic heterocycles. The number of nitrogens with zero attached hydrogens (tertiary/aromatic N) is 5. The van der Waals surface area contributed by atoms with Gasteiger partial charge in [-0.25, -0.2) is 14.4 Å². The zero-order chi connectivity index (χ0) is 20.5. The Labute approximate surface area is 184 Å². The Kier molecular flexibility index (Phi) is 6.70. The van der Waals surface area contributed by atoms with Gasteiger partial charge >= 0.3 is 0 Å². The molecule has 0 aliphatic heterocycles. The number of amides is 1. The second-order valence-corrected chi connectivity index (χ2v) is 8.18. The number of anilines is 1. The molecule has 0 saturated heterocycles. The fourth-order valence-electron chi connectivity index (χ4n) is 3.35. The molecule has 0 spiro atoms. The Morgan fingerprint density at radius 1 is 1.13 bits per heavy atom. The standard InChI is InChI=1S/C21H22FN5OS.ClH/c1-14-19(26-12-5-4-10-17(26)23-14)20(28)27(13-7-11-25(2)3)21-24-18-15(22)8-6-9-16(18)29-21;/h4-6,8-10,12H,7,11,13H2,1-3H3;1H. The van der Waals surface area contributed by atoms with Crippen molar-refractivity contribution in [3.63, 3.8) is 0 Å². The first-order valence-electron chi connectivity index (χ1n) is 9.41. The Bertz CT molecular complexity index is 1190. The number of hydrogen-bond acceptors (Lipinski definition) is 5. The fourth-order valence-corrected chi connectivity index (χ4v) is 4.35. The van der Waals surface area contributed by atoms with Crippen LogP contribution in [0.3, 0.4) is 0 Å². The number of imidazole rings is 1. The van der Waals surface area contributed by atoms with Gasteiger partial charge in [0.15, 0.2) is 5.13 Å². The van der Waals surface area contributed by atoms with Crippen LogP contribution in [0.25, 0.3) is 15.9 Å². The number of thiazole rings is 1. The van der Waals surface area contributed by atoms with E-state index in [1.165, 1.54) is 17.4 Å². The quantitative estimate of drug-likeness (QED) is 0.439. The van der Waals surface area contributed by atoms with Gasteiger partial charge in [0.05, 0.1) is 10.4 Å². The molecule has 0 fully saturated rings. The largest absolute Gasteiger partial charge is 0.309 e. The maximum atomic E-state index is 14.2. The number of hydrogen-bond donors (Lipinski definition) is 0. The van der Waals surface area contributed by atoms with E-state index in [-0.39, 0.29) is 24.1 Å². The first-order valence-corrected chi connectivity index (χ1v) is 10.2. The highest BCUT2D eigenvalue weighted by molar-refractivity contribution is 7.22. The van der Waals surface area contributed by atoms with E-state index in [9.17, 15) is 9.18 Å².